The van der Waals surface area contributed by atoms with E-state index in [-0.39, 0.29) is 34.2 Å². The van der Waals surface area contributed by atoms with Crippen molar-refractivity contribution in [3.8, 4) is 0 Å². The van der Waals surface area contributed by atoms with Crippen LogP contribution in [0.5, 0.6) is 0 Å². The average molecular weight is 554 g/mol. The molecule has 0 unspecified atom stereocenters. The van der Waals surface area contributed by atoms with Gasteiger partial charge in [-0.3, -0.25) is 9.36 Å². The smallest absolute Gasteiger partial charge is 0.348 e. The maximum absolute atomic E-state index is 15.1. The zero-order chi connectivity index (χ0) is 27.8. The van der Waals surface area contributed by atoms with Gasteiger partial charge in [0.25, 0.3) is 5.60 Å². The molecular formula is C22H21ClFN5O9. The molecule has 0 amide bonds. The van der Waals surface area contributed by atoms with E-state index in [0.717, 1.165) is 10.9 Å². The fourth-order valence-electron chi connectivity index (χ4n) is 4.04. The summed E-state index contributed by atoms with van der Waals surface area (Å²) in [6.07, 6.45) is -6.66. The minimum Gasteiger partial charge on any atom is -0.481 e. The Kier molecular flexibility index (Phi) is 7.46. The Morgan fingerprint density at radius 1 is 1.13 bits per heavy atom. The molecule has 1 aromatic carbocycles. The fourth-order valence-corrected chi connectivity index (χ4v) is 4.21. The predicted molar refractivity (Wildman–Crippen MR) is 125 cm³/mol. The van der Waals surface area contributed by atoms with E-state index >= 15 is 4.39 Å². The number of fused-ring (bicyclic) bond motifs is 1. The summed E-state index contributed by atoms with van der Waals surface area (Å²) in [7, 11) is 0. The summed E-state index contributed by atoms with van der Waals surface area (Å²) in [5.41, 5.74) is 3.68. The highest BCUT2D eigenvalue weighted by Crippen LogP contribution is 2.35. The number of imidazole rings is 1. The molecule has 38 heavy (non-hydrogen) atoms. The van der Waals surface area contributed by atoms with E-state index in [4.69, 9.17) is 31.9 Å². The van der Waals surface area contributed by atoms with E-state index in [1.54, 1.807) is 0 Å². The Bertz CT molecular complexity index is 1370. The van der Waals surface area contributed by atoms with Crippen LogP contribution in [0.15, 0.2) is 30.6 Å². The van der Waals surface area contributed by atoms with Gasteiger partial charge in [-0.15, -0.1) is 0 Å². The van der Waals surface area contributed by atoms with E-state index < -0.39 is 61.1 Å². The number of carboxylic acids is 3. The molecule has 0 saturated carbocycles. The van der Waals surface area contributed by atoms with Crippen molar-refractivity contribution in [1.82, 2.24) is 19.5 Å². The number of benzene rings is 1. The Balaban J connectivity index is 1.54. The molecule has 4 rings (SSSR count). The van der Waals surface area contributed by atoms with Crippen LogP contribution >= 0.6 is 11.6 Å². The van der Waals surface area contributed by atoms with Gasteiger partial charge in [-0.05, 0) is 22.7 Å². The number of nitrogen functional groups attached to an aromatic ring is 1. The highest BCUT2D eigenvalue weighted by molar-refractivity contribution is 6.28. The van der Waals surface area contributed by atoms with Crippen LogP contribution in [-0.2, 0) is 36.7 Å². The molecule has 3 aromatic rings. The number of carbonyl (C=O) groups is 3. The van der Waals surface area contributed by atoms with Crippen molar-refractivity contribution in [2.45, 2.75) is 43.1 Å². The van der Waals surface area contributed by atoms with E-state index in [1.165, 1.54) is 24.3 Å². The molecule has 1 aliphatic heterocycles. The lowest BCUT2D eigenvalue weighted by atomic mass is 9.93. The largest absolute Gasteiger partial charge is 0.481 e. The second-order valence-corrected chi connectivity index (χ2v) is 8.85. The average Bonchev–Trinajstić information content (AvgIpc) is 3.38. The van der Waals surface area contributed by atoms with Crippen molar-refractivity contribution in [1.29, 1.82) is 0 Å². The summed E-state index contributed by atoms with van der Waals surface area (Å²) in [5.74, 6) is -4.84. The van der Waals surface area contributed by atoms with Crippen molar-refractivity contribution >= 4 is 46.5 Å². The molecule has 14 nitrogen and oxygen atoms in total. The number of hydrogen-bond donors (Lipinski definition) is 5. The van der Waals surface area contributed by atoms with Gasteiger partial charge in [0.05, 0.1) is 19.4 Å². The van der Waals surface area contributed by atoms with Crippen LogP contribution in [0.25, 0.3) is 11.2 Å². The minimum atomic E-state index is -2.82. The monoisotopic (exact) mass is 553 g/mol. The normalized spacial score (nSPS) is 21.6. The zero-order valence-electron chi connectivity index (χ0n) is 19.3. The lowest BCUT2D eigenvalue weighted by molar-refractivity contribution is -0.190. The summed E-state index contributed by atoms with van der Waals surface area (Å²) < 4.78 is 27.1. The quantitative estimate of drug-likeness (QED) is 0.170. The molecule has 202 valence electrons. The molecule has 2 aromatic heterocycles. The van der Waals surface area contributed by atoms with Crippen molar-refractivity contribution in [2.75, 3.05) is 12.3 Å². The molecule has 0 aliphatic carbocycles. The first kappa shape index (κ1) is 27.1. The Hall–Kier alpha value is -3.92. The number of hydrogen-bond acceptors (Lipinski definition) is 10. The van der Waals surface area contributed by atoms with Crippen molar-refractivity contribution in [2.24, 2.45) is 0 Å². The third-order valence-corrected chi connectivity index (χ3v) is 6.17. The number of aromatic nitrogens is 4. The molecule has 6 N–H and O–H groups in total. The second-order valence-electron chi connectivity index (χ2n) is 8.51. The van der Waals surface area contributed by atoms with Gasteiger partial charge in [0.15, 0.2) is 23.9 Å². The number of nitrogens with zero attached hydrogens (tertiary/aromatic N) is 4. The lowest BCUT2D eigenvalue weighted by Crippen LogP contribution is -2.52. The highest BCUT2D eigenvalue weighted by atomic mass is 35.5. The molecule has 1 saturated heterocycles. The zero-order valence-corrected chi connectivity index (χ0v) is 20.0. The molecular weight excluding hydrogens is 533 g/mol. The Morgan fingerprint density at radius 3 is 2.37 bits per heavy atom. The topological polar surface area (TPSA) is 220 Å². The number of rotatable bonds is 10. The van der Waals surface area contributed by atoms with Gasteiger partial charge in [0, 0.05) is 6.42 Å². The maximum atomic E-state index is 15.1. The molecule has 3 heterocycles. The van der Waals surface area contributed by atoms with E-state index in [2.05, 4.69) is 15.0 Å². The molecule has 1 aliphatic rings. The second kappa shape index (κ2) is 10.4. The fraction of sp³-hybridized carbons (Fsp3) is 0.364. The number of alkyl halides is 1. The number of anilines is 1. The van der Waals surface area contributed by atoms with Gasteiger partial charge in [-0.2, -0.15) is 9.97 Å². The van der Waals surface area contributed by atoms with Gasteiger partial charge in [-0.25, -0.2) is 19.0 Å². The molecule has 0 spiro atoms. The lowest BCUT2D eigenvalue weighted by Gasteiger charge is -2.27. The van der Waals surface area contributed by atoms with Crippen LogP contribution in [0.4, 0.5) is 10.2 Å². The summed E-state index contributed by atoms with van der Waals surface area (Å²) in [4.78, 5) is 46.7. The van der Waals surface area contributed by atoms with Crippen LogP contribution in [-0.4, -0.2) is 88.4 Å². The Morgan fingerprint density at radius 2 is 1.76 bits per heavy atom. The van der Waals surface area contributed by atoms with Gasteiger partial charge in [-0.1, -0.05) is 24.3 Å². The van der Waals surface area contributed by atoms with Gasteiger partial charge in [0.2, 0.25) is 5.28 Å². The number of halogens is 2. The maximum Gasteiger partial charge on any atom is 0.348 e. The number of aliphatic hydroxyl groups excluding tert-OH is 1. The third kappa shape index (κ3) is 5.08. The summed E-state index contributed by atoms with van der Waals surface area (Å²) in [6.45, 7) is -0.807. The van der Waals surface area contributed by atoms with E-state index in [1.807, 2.05) is 0 Å². The minimum absolute atomic E-state index is 0.0145. The van der Waals surface area contributed by atoms with Crippen molar-refractivity contribution in [3.05, 3.63) is 47.0 Å². The Labute approximate surface area is 217 Å². The number of aliphatic hydroxyl groups is 1. The molecule has 1 fully saturated rings. The van der Waals surface area contributed by atoms with Crippen LogP contribution < -0.4 is 5.73 Å². The number of ether oxygens (including phenoxy) is 2. The third-order valence-electron chi connectivity index (χ3n) is 6.01. The van der Waals surface area contributed by atoms with Crippen LogP contribution in [0, 0.1) is 0 Å². The van der Waals surface area contributed by atoms with Gasteiger partial charge in [0.1, 0.15) is 17.7 Å². The molecule has 16 heteroatoms. The predicted octanol–water partition coefficient (Wildman–Crippen LogP) is 0.453. The number of aliphatic carboxylic acids is 3. The van der Waals surface area contributed by atoms with E-state index in [0.29, 0.717) is 5.56 Å². The van der Waals surface area contributed by atoms with Crippen LogP contribution in [0.3, 0.4) is 0 Å². The van der Waals surface area contributed by atoms with Crippen molar-refractivity contribution < 1.29 is 48.7 Å². The van der Waals surface area contributed by atoms with Gasteiger partial charge >= 0.3 is 17.9 Å². The van der Waals surface area contributed by atoms with Crippen molar-refractivity contribution in [3.63, 3.8) is 0 Å². The molecule has 0 radical (unpaired) electrons. The first-order chi connectivity index (χ1) is 17.9. The van der Waals surface area contributed by atoms with Crippen LogP contribution in [0.1, 0.15) is 17.4 Å². The molecule has 0 bridgehead atoms. The SMILES string of the molecule is Nc1nc(Cl)nc2c1ncn2[C@@H]1O[C@H](COC(Cc2ccc(CC(=O)O)cc2)(C(=O)O)C(=O)O)[C@@H](O)[C@@H]1F. The van der Waals surface area contributed by atoms with Gasteiger partial charge < -0.3 is 35.6 Å². The first-order valence-corrected chi connectivity index (χ1v) is 11.3. The summed E-state index contributed by atoms with van der Waals surface area (Å²) in [5, 5.41) is 38.6. The highest BCUT2D eigenvalue weighted by Gasteiger charge is 2.52. The number of nitrogens with two attached hydrogens (primary N) is 1. The van der Waals surface area contributed by atoms with E-state index in [9.17, 15) is 29.7 Å². The first-order valence-electron chi connectivity index (χ1n) is 11.0. The summed E-state index contributed by atoms with van der Waals surface area (Å²) >= 11 is 5.83. The number of carboxylic acid groups (broad SMARTS) is 3. The summed E-state index contributed by atoms with van der Waals surface area (Å²) in [6, 6.07) is 5.58. The molecule has 4 atom stereocenters. The standard InChI is InChI=1S/C22H21ClFN5O9/c23-21-27-16(25)14-17(28-21)29(8-26-14)18-13(24)15(32)11(38-18)7-37-22(19(33)34,20(35)36)6-10-3-1-9(2-4-10)5-12(30)31/h1-4,8,11,13,15,18,32H,5-7H2,(H,30,31)(H,33,34)(H,35,36)(H2,25,27,28)/t11-,13+,15-,18-/m1/s1. The van der Waals surface area contributed by atoms with Crippen LogP contribution in [0.2, 0.25) is 5.28 Å².